The van der Waals surface area contributed by atoms with Crippen molar-refractivity contribution in [2.45, 2.75) is 45.2 Å². The molecule has 1 aromatic rings. The van der Waals surface area contributed by atoms with Crippen molar-refractivity contribution in [3.05, 3.63) is 34.4 Å². The molecule has 0 unspecified atom stereocenters. The summed E-state index contributed by atoms with van der Waals surface area (Å²) in [4.78, 5) is 36.4. The van der Waals surface area contributed by atoms with Crippen molar-refractivity contribution in [3.8, 4) is 5.75 Å². The van der Waals surface area contributed by atoms with Crippen LogP contribution in [0.4, 0.5) is 10.5 Å². The number of nitrogens with zero attached hydrogens (tertiary/aromatic N) is 2. The minimum atomic E-state index is -0.660. The first-order valence-electron chi connectivity index (χ1n) is 8.18. The van der Waals surface area contributed by atoms with Gasteiger partial charge in [0.05, 0.1) is 17.5 Å². The molecule has 25 heavy (non-hydrogen) atoms. The van der Waals surface area contributed by atoms with Gasteiger partial charge in [0.2, 0.25) is 0 Å². The maximum absolute atomic E-state index is 12.5. The van der Waals surface area contributed by atoms with Gasteiger partial charge in [0.1, 0.15) is 5.75 Å². The van der Waals surface area contributed by atoms with Gasteiger partial charge in [-0.25, -0.2) is 4.79 Å². The van der Waals surface area contributed by atoms with Crippen molar-refractivity contribution in [1.82, 2.24) is 10.2 Å². The molecule has 0 bridgehead atoms. The monoisotopic (exact) mass is 349 g/mol. The number of nitrogens with one attached hydrogen (secondary N) is 1. The summed E-state index contributed by atoms with van der Waals surface area (Å²) in [5.74, 6) is 0.143. The zero-order chi connectivity index (χ0) is 18.6. The van der Waals surface area contributed by atoms with Crippen molar-refractivity contribution in [3.63, 3.8) is 0 Å². The predicted molar refractivity (Wildman–Crippen MR) is 91.6 cm³/mol. The van der Waals surface area contributed by atoms with Crippen LogP contribution >= 0.6 is 0 Å². The van der Waals surface area contributed by atoms with E-state index in [-0.39, 0.29) is 29.8 Å². The van der Waals surface area contributed by atoms with Gasteiger partial charge in [-0.2, -0.15) is 0 Å². The third-order valence-electron chi connectivity index (χ3n) is 4.05. The number of nitro groups is 1. The molecule has 8 heteroatoms. The number of ketones is 1. The van der Waals surface area contributed by atoms with Gasteiger partial charge in [-0.3, -0.25) is 19.8 Å². The lowest BCUT2D eigenvalue weighted by Gasteiger charge is -2.34. The number of ether oxygens (including phenoxy) is 1. The zero-order valence-corrected chi connectivity index (χ0v) is 14.7. The van der Waals surface area contributed by atoms with Gasteiger partial charge in [-0.1, -0.05) is 0 Å². The highest BCUT2D eigenvalue weighted by molar-refractivity contribution is 5.89. The maximum atomic E-state index is 12.5. The number of amides is 1. The predicted octanol–water partition coefficient (Wildman–Crippen LogP) is 2.52. The molecule has 0 saturated carbocycles. The second-order valence-electron chi connectivity index (χ2n) is 6.99. The van der Waals surface area contributed by atoms with Gasteiger partial charge >= 0.3 is 6.09 Å². The second kappa shape index (κ2) is 7.60. The van der Waals surface area contributed by atoms with Crippen LogP contribution in [0.2, 0.25) is 0 Å². The number of Topliss-reactive ketones (excluding diaryl/α,β-unsaturated/α-hetero) is 1. The van der Waals surface area contributed by atoms with Crippen LogP contribution < -0.4 is 10.1 Å². The molecule has 8 nitrogen and oxygen atoms in total. The Labute approximate surface area is 146 Å². The summed E-state index contributed by atoms with van der Waals surface area (Å²) >= 11 is 0. The highest BCUT2D eigenvalue weighted by atomic mass is 16.6. The Morgan fingerprint density at radius 1 is 1.32 bits per heavy atom. The molecule has 1 amide bonds. The molecule has 1 fully saturated rings. The fraction of sp³-hybridized carbons (Fsp3) is 0.529. The van der Waals surface area contributed by atoms with E-state index >= 15 is 0 Å². The lowest BCUT2D eigenvalue weighted by atomic mass is 10.0. The van der Waals surface area contributed by atoms with E-state index in [9.17, 15) is 19.7 Å². The number of hydrogen-bond acceptors (Lipinski definition) is 6. The van der Waals surface area contributed by atoms with E-state index < -0.39 is 16.6 Å². The molecule has 0 radical (unpaired) electrons. The highest BCUT2D eigenvalue weighted by Gasteiger charge is 2.33. The van der Waals surface area contributed by atoms with Crippen LogP contribution in [-0.4, -0.2) is 46.4 Å². The molecule has 1 aromatic carbocycles. The molecule has 1 atom stereocenters. The summed E-state index contributed by atoms with van der Waals surface area (Å²) in [6.45, 7) is 6.21. The summed E-state index contributed by atoms with van der Waals surface area (Å²) in [6.07, 6.45) is 1.06. The second-order valence-corrected chi connectivity index (χ2v) is 6.99. The average Bonchev–Trinajstić information content (AvgIpc) is 3.06. The number of carbonyl (C=O) groups is 2. The molecule has 136 valence electrons. The topological polar surface area (TPSA) is 102 Å². The van der Waals surface area contributed by atoms with E-state index in [0.29, 0.717) is 0 Å². The molecule has 0 aromatic heterocycles. The lowest BCUT2D eigenvalue weighted by Crippen LogP contribution is -2.51. The van der Waals surface area contributed by atoms with Crippen LogP contribution in [0.15, 0.2) is 24.3 Å². The molecule has 1 aliphatic rings. The summed E-state index contributed by atoms with van der Waals surface area (Å²) in [5.41, 5.74) is -0.693. The van der Waals surface area contributed by atoms with Gasteiger partial charge in [-0.05, 0) is 52.3 Å². The van der Waals surface area contributed by atoms with E-state index in [2.05, 4.69) is 5.32 Å². The normalized spacial score (nSPS) is 17.2. The molecule has 1 saturated heterocycles. The first-order valence-corrected chi connectivity index (χ1v) is 8.18. The number of hydrogen-bond donors (Lipinski definition) is 1. The maximum Gasteiger partial charge on any atom is 0.416 e. The van der Waals surface area contributed by atoms with Crippen molar-refractivity contribution >= 4 is 17.6 Å². The molecule has 0 aliphatic carbocycles. The van der Waals surface area contributed by atoms with E-state index in [1.54, 1.807) is 0 Å². The Bertz CT molecular complexity index is 645. The fourth-order valence-electron chi connectivity index (χ4n) is 2.59. The number of benzene rings is 1. The van der Waals surface area contributed by atoms with Crippen molar-refractivity contribution in [2.24, 2.45) is 0 Å². The summed E-state index contributed by atoms with van der Waals surface area (Å²) in [6, 6.07) is 5.01. The Balaban J connectivity index is 2.07. The van der Waals surface area contributed by atoms with Crippen LogP contribution in [0.25, 0.3) is 0 Å². The van der Waals surface area contributed by atoms with Crippen LogP contribution in [0.3, 0.4) is 0 Å². The Morgan fingerprint density at radius 3 is 2.44 bits per heavy atom. The van der Waals surface area contributed by atoms with Gasteiger partial charge < -0.3 is 10.1 Å². The largest absolute Gasteiger partial charge is 0.416 e. The smallest absolute Gasteiger partial charge is 0.410 e. The van der Waals surface area contributed by atoms with Gasteiger partial charge in [0.25, 0.3) is 5.69 Å². The highest BCUT2D eigenvalue weighted by Crippen LogP contribution is 2.21. The van der Waals surface area contributed by atoms with Crippen LogP contribution in [0, 0.1) is 10.1 Å². The Morgan fingerprint density at radius 2 is 1.96 bits per heavy atom. The van der Waals surface area contributed by atoms with Crippen LogP contribution in [0.1, 0.15) is 33.6 Å². The Kier molecular flexibility index (Phi) is 5.73. The number of carbonyl (C=O) groups excluding carboxylic acids is 2. The first-order chi connectivity index (χ1) is 11.7. The minimum absolute atomic E-state index is 0.0481. The van der Waals surface area contributed by atoms with E-state index in [1.165, 1.54) is 29.2 Å². The van der Waals surface area contributed by atoms with Gasteiger partial charge in [0.15, 0.2) is 5.78 Å². The van der Waals surface area contributed by atoms with Crippen molar-refractivity contribution in [1.29, 1.82) is 0 Å². The molecular weight excluding hydrogens is 326 g/mol. The third kappa shape index (κ3) is 4.99. The van der Waals surface area contributed by atoms with E-state index in [1.807, 2.05) is 20.8 Å². The SMILES string of the molecule is CC(C)(C)N(CC(=O)[C@H]1CCCN1)C(=O)Oc1ccc([N+](=O)[O-])cc1. The van der Waals surface area contributed by atoms with E-state index in [4.69, 9.17) is 4.74 Å². The summed E-state index contributed by atoms with van der Waals surface area (Å²) in [5, 5.41) is 13.8. The molecule has 1 aliphatic heterocycles. The minimum Gasteiger partial charge on any atom is -0.410 e. The van der Waals surface area contributed by atoms with Crippen molar-refractivity contribution in [2.75, 3.05) is 13.1 Å². The summed E-state index contributed by atoms with van der Waals surface area (Å²) in [7, 11) is 0. The zero-order valence-electron chi connectivity index (χ0n) is 14.7. The molecule has 0 spiro atoms. The van der Waals surface area contributed by atoms with Crippen LogP contribution in [-0.2, 0) is 4.79 Å². The van der Waals surface area contributed by atoms with Crippen LogP contribution in [0.5, 0.6) is 5.75 Å². The fourth-order valence-corrected chi connectivity index (χ4v) is 2.59. The molecule has 1 heterocycles. The quantitative estimate of drug-likeness (QED) is 0.647. The van der Waals surface area contributed by atoms with Gasteiger partial charge in [-0.15, -0.1) is 0 Å². The summed E-state index contributed by atoms with van der Waals surface area (Å²) < 4.78 is 5.29. The number of nitro benzene ring substituents is 1. The molecule has 2 rings (SSSR count). The average molecular weight is 349 g/mol. The lowest BCUT2D eigenvalue weighted by molar-refractivity contribution is -0.384. The number of rotatable bonds is 5. The standard InChI is InChI=1S/C17H23N3O5/c1-17(2,3)19(11-15(21)14-5-4-10-18-14)16(22)25-13-8-6-12(7-9-13)20(23)24/h6-9,14,18H,4-5,10-11H2,1-3H3/t14-/m1/s1. The molecular formula is C17H23N3O5. The Hall–Kier alpha value is -2.48. The molecule has 1 N–H and O–H groups in total. The van der Waals surface area contributed by atoms with Gasteiger partial charge in [0, 0.05) is 17.7 Å². The third-order valence-corrected chi connectivity index (χ3v) is 4.05. The number of non-ortho nitro benzene ring substituents is 1. The van der Waals surface area contributed by atoms with Crippen molar-refractivity contribution < 1.29 is 19.2 Å². The first kappa shape index (κ1) is 18.9. The van der Waals surface area contributed by atoms with E-state index in [0.717, 1.165) is 19.4 Å².